The third kappa shape index (κ3) is 1.97. The van der Waals surface area contributed by atoms with Crippen molar-refractivity contribution in [3.8, 4) is 0 Å². The molecule has 1 aromatic rings. The topological polar surface area (TPSA) is 86.5 Å². The van der Waals surface area contributed by atoms with E-state index < -0.39 is 11.4 Å². The van der Waals surface area contributed by atoms with Crippen LogP contribution in [-0.4, -0.2) is 35.2 Å². The van der Waals surface area contributed by atoms with Gasteiger partial charge in [0.1, 0.15) is 7.11 Å². The van der Waals surface area contributed by atoms with Crippen molar-refractivity contribution in [3.05, 3.63) is 30.3 Å². The Morgan fingerprint density at radius 2 is 2.10 bits per heavy atom. The van der Waals surface area contributed by atoms with E-state index in [0.717, 1.165) is 0 Å². The predicted octanol–water partition coefficient (Wildman–Crippen LogP) is 1.15. The highest BCUT2D eigenvalue weighted by molar-refractivity contribution is 6.36. The van der Waals surface area contributed by atoms with Gasteiger partial charge in [-0.05, 0) is 26.0 Å². The Bertz CT molecular complexity index is 570. The molecule has 1 aromatic carbocycles. The lowest BCUT2D eigenvalue weighted by Gasteiger charge is -2.25. The first-order valence-corrected chi connectivity index (χ1v) is 6.02. The molecule has 106 valence electrons. The number of hydrogen-bond acceptors (Lipinski definition) is 6. The molecular weight excluding hydrogens is 260 g/mol. The fourth-order valence-corrected chi connectivity index (χ4v) is 2.16. The van der Waals surface area contributed by atoms with E-state index >= 15 is 0 Å². The van der Waals surface area contributed by atoms with Crippen molar-refractivity contribution in [2.45, 2.75) is 19.4 Å². The van der Waals surface area contributed by atoms with E-state index in [-0.39, 0.29) is 5.71 Å². The quantitative estimate of drug-likeness (QED) is 0.638. The van der Waals surface area contributed by atoms with Crippen molar-refractivity contribution in [1.82, 2.24) is 5.48 Å². The molecule has 1 amide bonds. The predicted molar refractivity (Wildman–Crippen MR) is 74.8 cm³/mol. The van der Waals surface area contributed by atoms with Crippen LogP contribution >= 0.6 is 0 Å². The minimum absolute atomic E-state index is 0.271. The van der Waals surface area contributed by atoms with Crippen LogP contribution in [0.2, 0.25) is 0 Å². The van der Waals surface area contributed by atoms with Crippen molar-refractivity contribution < 1.29 is 14.8 Å². The maximum absolute atomic E-state index is 12.6. The molecule has 0 bridgehead atoms. The number of hydroxylamine groups is 1. The number of rotatable bonds is 4. The second-order valence-corrected chi connectivity index (χ2v) is 4.36. The summed E-state index contributed by atoms with van der Waals surface area (Å²) in [6, 6.07) is 8.96. The van der Waals surface area contributed by atoms with Crippen LogP contribution in [0.3, 0.4) is 0 Å². The fraction of sp³-hybridized carbons (Fsp3) is 0.308. The molecule has 0 spiro atoms. The van der Waals surface area contributed by atoms with Gasteiger partial charge in [0.25, 0.3) is 5.91 Å². The van der Waals surface area contributed by atoms with Gasteiger partial charge in [-0.2, -0.15) is 15.6 Å². The van der Waals surface area contributed by atoms with E-state index in [0.29, 0.717) is 11.4 Å². The molecule has 1 aliphatic rings. The standard InChI is InChI=1S/C13H16N4O3/c1-9-13(16-19,10(2)15-20-3)12(18)17(14-9)11-7-5-4-6-8-11/h4-8,16,19H,1-3H3/b15-10+/t13-/m1/s1. The van der Waals surface area contributed by atoms with Crippen molar-refractivity contribution in [2.24, 2.45) is 10.3 Å². The Kier molecular flexibility index (Phi) is 3.82. The number of benzene rings is 1. The Labute approximate surface area is 116 Å². The number of oxime groups is 1. The van der Waals surface area contributed by atoms with Gasteiger partial charge >= 0.3 is 0 Å². The first-order chi connectivity index (χ1) is 9.57. The number of hydrazone groups is 1. The van der Waals surface area contributed by atoms with Gasteiger partial charge < -0.3 is 10.0 Å². The molecule has 20 heavy (non-hydrogen) atoms. The van der Waals surface area contributed by atoms with Crippen LogP contribution in [0, 0.1) is 0 Å². The highest BCUT2D eigenvalue weighted by atomic mass is 16.6. The third-order valence-electron chi connectivity index (χ3n) is 3.25. The third-order valence-corrected chi connectivity index (χ3v) is 3.25. The van der Waals surface area contributed by atoms with Crippen LogP contribution in [0.1, 0.15) is 13.8 Å². The average molecular weight is 276 g/mol. The molecule has 0 unspecified atom stereocenters. The van der Waals surface area contributed by atoms with E-state index in [9.17, 15) is 10.0 Å². The number of anilines is 1. The number of amides is 1. The zero-order valence-electron chi connectivity index (χ0n) is 11.5. The van der Waals surface area contributed by atoms with Gasteiger partial charge in [0.05, 0.1) is 17.1 Å². The molecule has 2 N–H and O–H groups in total. The number of carbonyl (C=O) groups excluding carboxylic acids is 1. The van der Waals surface area contributed by atoms with Crippen LogP contribution in [0.25, 0.3) is 0 Å². The summed E-state index contributed by atoms with van der Waals surface area (Å²) in [5.74, 6) is -0.443. The Balaban J connectivity index is 2.47. The van der Waals surface area contributed by atoms with Gasteiger partial charge in [-0.3, -0.25) is 4.79 Å². The summed E-state index contributed by atoms with van der Waals surface area (Å²) in [7, 11) is 1.37. The Morgan fingerprint density at radius 1 is 1.45 bits per heavy atom. The summed E-state index contributed by atoms with van der Waals surface area (Å²) < 4.78 is 0. The normalized spacial score (nSPS) is 23.0. The Hall–Kier alpha value is -2.25. The first-order valence-electron chi connectivity index (χ1n) is 6.02. The van der Waals surface area contributed by atoms with Gasteiger partial charge in [-0.25, -0.2) is 0 Å². The van der Waals surface area contributed by atoms with Crippen molar-refractivity contribution in [1.29, 1.82) is 0 Å². The maximum Gasteiger partial charge on any atom is 0.281 e. The first kappa shape index (κ1) is 14.2. The number of carbonyl (C=O) groups is 1. The van der Waals surface area contributed by atoms with Gasteiger partial charge in [0, 0.05) is 0 Å². The molecular formula is C13H16N4O3. The van der Waals surface area contributed by atoms with E-state index in [4.69, 9.17) is 4.84 Å². The summed E-state index contributed by atoms with van der Waals surface area (Å²) in [5.41, 5.74) is 1.80. The summed E-state index contributed by atoms with van der Waals surface area (Å²) >= 11 is 0. The highest BCUT2D eigenvalue weighted by Crippen LogP contribution is 2.27. The van der Waals surface area contributed by atoms with Gasteiger partial charge in [-0.15, -0.1) is 0 Å². The monoisotopic (exact) mass is 276 g/mol. The van der Waals surface area contributed by atoms with E-state index in [1.54, 1.807) is 38.1 Å². The van der Waals surface area contributed by atoms with Crippen molar-refractivity contribution in [2.75, 3.05) is 12.1 Å². The summed E-state index contributed by atoms with van der Waals surface area (Å²) in [6.45, 7) is 3.22. The fourth-order valence-electron chi connectivity index (χ4n) is 2.16. The Morgan fingerprint density at radius 3 is 2.65 bits per heavy atom. The molecule has 1 aliphatic heterocycles. The highest BCUT2D eigenvalue weighted by Gasteiger charge is 2.52. The summed E-state index contributed by atoms with van der Waals surface area (Å²) in [5, 5.41) is 18.7. The van der Waals surface area contributed by atoms with E-state index in [1.807, 2.05) is 11.5 Å². The summed E-state index contributed by atoms with van der Waals surface area (Å²) in [6.07, 6.45) is 0. The second kappa shape index (κ2) is 5.40. The number of nitrogens with one attached hydrogen (secondary N) is 1. The van der Waals surface area contributed by atoms with E-state index in [1.165, 1.54) is 12.1 Å². The molecule has 0 saturated heterocycles. The van der Waals surface area contributed by atoms with Crippen LogP contribution in [-0.2, 0) is 9.63 Å². The van der Waals surface area contributed by atoms with Crippen LogP contribution in [0.5, 0.6) is 0 Å². The molecule has 1 heterocycles. The zero-order chi connectivity index (χ0) is 14.8. The van der Waals surface area contributed by atoms with E-state index in [2.05, 4.69) is 10.3 Å². The molecule has 0 fully saturated rings. The van der Waals surface area contributed by atoms with Gasteiger partial charge in [0.2, 0.25) is 5.54 Å². The molecule has 0 aromatic heterocycles. The van der Waals surface area contributed by atoms with Crippen molar-refractivity contribution >= 4 is 23.0 Å². The zero-order valence-corrected chi connectivity index (χ0v) is 11.5. The lowest BCUT2D eigenvalue weighted by atomic mass is 9.90. The van der Waals surface area contributed by atoms with Crippen LogP contribution in [0.4, 0.5) is 5.69 Å². The van der Waals surface area contributed by atoms with Crippen LogP contribution < -0.4 is 10.5 Å². The number of para-hydroxylation sites is 1. The number of hydrogen-bond donors (Lipinski definition) is 2. The molecule has 0 radical (unpaired) electrons. The lowest BCUT2D eigenvalue weighted by molar-refractivity contribution is -0.122. The number of nitrogens with zero attached hydrogens (tertiary/aromatic N) is 3. The van der Waals surface area contributed by atoms with Gasteiger partial charge in [0.15, 0.2) is 0 Å². The summed E-state index contributed by atoms with van der Waals surface area (Å²) in [4.78, 5) is 17.3. The maximum atomic E-state index is 12.6. The molecule has 7 nitrogen and oxygen atoms in total. The molecule has 0 aliphatic carbocycles. The van der Waals surface area contributed by atoms with Crippen LogP contribution in [0.15, 0.2) is 40.6 Å². The molecule has 7 heteroatoms. The average Bonchev–Trinajstić information content (AvgIpc) is 2.72. The lowest BCUT2D eigenvalue weighted by Crippen LogP contribution is -2.61. The minimum atomic E-state index is -1.49. The molecule has 0 saturated carbocycles. The molecule has 2 rings (SSSR count). The largest absolute Gasteiger partial charge is 0.399 e. The van der Waals surface area contributed by atoms with Crippen molar-refractivity contribution in [3.63, 3.8) is 0 Å². The SMILES string of the molecule is CO/N=C(\C)[C@@]1(NO)C(=O)N(c2ccccc2)N=C1C. The molecule has 1 atom stereocenters. The second-order valence-electron chi connectivity index (χ2n) is 4.36. The van der Waals surface area contributed by atoms with Gasteiger partial charge in [-0.1, -0.05) is 23.4 Å². The minimum Gasteiger partial charge on any atom is -0.399 e. The smallest absolute Gasteiger partial charge is 0.281 e.